The molecule has 0 aliphatic carbocycles. The highest BCUT2D eigenvalue weighted by Crippen LogP contribution is 2.11. The van der Waals surface area contributed by atoms with Crippen LogP contribution in [0.1, 0.15) is 12.5 Å². The molecule has 0 spiro atoms. The number of anilines is 1. The Labute approximate surface area is 140 Å². The maximum Gasteiger partial charge on any atom is 0.267 e. The van der Waals surface area contributed by atoms with Crippen molar-refractivity contribution in [2.75, 3.05) is 11.9 Å². The van der Waals surface area contributed by atoms with Gasteiger partial charge in [0.15, 0.2) is 0 Å². The summed E-state index contributed by atoms with van der Waals surface area (Å²) in [4.78, 5) is 14.1. The van der Waals surface area contributed by atoms with Gasteiger partial charge in [0.1, 0.15) is 17.5 Å². The van der Waals surface area contributed by atoms with Gasteiger partial charge in [0.05, 0.1) is 0 Å². The molecule has 0 unspecified atom stereocenters. The Morgan fingerprint density at radius 1 is 1.21 bits per heavy atom. The molecule has 0 bridgehead atoms. The van der Waals surface area contributed by atoms with Crippen LogP contribution in [-0.2, 0) is 11.3 Å². The first kappa shape index (κ1) is 17.2. The second-order valence-corrected chi connectivity index (χ2v) is 5.16. The van der Waals surface area contributed by atoms with Crippen LogP contribution in [0.2, 0.25) is 0 Å². The number of carbonyl (C=O) groups excluding carboxylic acids is 1. The number of nitrogens with one attached hydrogen (secondary N) is 1. The predicted octanol–water partition coefficient (Wildman–Crippen LogP) is 3.69. The summed E-state index contributed by atoms with van der Waals surface area (Å²) < 4.78 is 12.9. The van der Waals surface area contributed by atoms with Gasteiger partial charge in [-0.05, 0) is 36.8 Å². The summed E-state index contributed by atoms with van der Waals surface area (Å²) >= 11 is 0. The molecule has 122 valence electrons. The van der Waals surface area contributed by atoms with Crippen molar-refractivity contribution in [1.29, 1.82) is 5.26 Å². The zero-order valence-corrected chi connectivity index (χ0v) is 13.4. The number of hydrogen-bond donors (Lipinski definition) is 1. The molecule has 5 heteroatoms. The third kappa shape index (κ3) is 4.96. The first-order valence-electron chi connectivity index (χ1n) is 7.59. The third-order valence-corrected chi connectivity index (χ3v) is 3.41. The van der Waals surface area contributed by atoms with E-state index in [9.17, 15) is 14.4 Å². The molecule has 0 aromatic heterocycles. The third-order valence-electron chi connectivity index (χ3n) is 3.41. The minimum absolute atomic E-state index is 0.00268. The second kappa shape index (κ2) is 8.49. The number of nitrogens with zero attached hydrogens (tertiary/aromatic N) is 2. The van der Waals surface area contributed by atoms with E-state index in [0.717, 1.165) is 5.56 Å². The average Bonchev–Trinajstić information content (AvgIpc) is 2.61. The molecule has 1 N–H and O–H groups in total. The zero-order chi connectivity index (χ0) is 17.4. The molecule has 2 rings (SSSR count). The average molecular weight is 323 g/mol. The normalized spacial score (nSPS) is 10.8. The van der Waals surface area contributed by atoms with E-state index in [1.807, 2.05) is 48.2 Å². The first-order valence-corrected chi connectivity index (χ1v) is 7.59. The number of hydrogen-bond acceptors (Lipinski definition) is 3. The SMILES string of the molecule is CCN(/C=C(/C#N)C(=O)Nc1ccc(F)cc1)Cc1ccccc1. The number of halogens is 1. The van der Waals surface area contributed by atoms with Crippen molar-refractivity contribution in [3.63, 3.8) is 0 Å². The lowest BCUT2D eigenvalue weighted by atomic mass is 10.2. The fourth-order valence-electron chi connectivity index (χ4n) is 2.12. The van der Waals surface area contributed by atoms with Gasteiger partial charge in [0, 0.05) is 25.0 Å². The summed E-state index contributed by atoms with van der Waals surface area (Å²) in [5.41, 5.74) is 1.53. The molecule has 2 aromatic carbocycles. The Hall–Kier alpha value is -3.13. The van der Waals surface area contributed by atoms with Crippen LogP contribution in [0.3, 0.4) is 0 Å². The summed E-state index contributed by atoms with van der Waals surface area (Å²) in [6.07, 6.45) is 1.55. The van der Waals surface area contributed by atoms with Crippen molar-refractivity contribution in [1.82, 2.24) is 4.90 Å². The van der Waals surface area contributed by atoms with Gasteiger partial charge < -0.3 is 10.2 Å². The lowest BCUT2D eigenvalue weighted by Gasteiger charge is -2.19. The van der Waals surface area contributed by atoms with Crippen molar-refractivity contribution < 1.29 is 9.18 Å². The number of nitriles is 1. The maximum atomic E-state index is 12.9. The van der Waals surface area contributed by atoms with E-state index in [1.54, 1.807) is 6.20 Å². The van der Waals surface area contributed by atoms with Gasteiger partial charge in [0.2, 0.25) is 0 Å². The largest absolute Gasteiger partial charge is 0.372 e. The van der Waals surface area contributed by atoms with Crippen molar-refractivity contribution in [3.8, 4) is 6.07 Å². The fraction of sp³-hybridized carbons (Fsp3) is 0.158. The molecule has 0 saturated carbocycles. The standard InChI is InChI=1S/C19H18FN3O/c1-2-23(13-15-6-4-3-5-7-15)14-16(12-21)19(24)22-18-10-8-17(20)9-11-18/h3-11,14H,2,13H2,1H3,(H,22,24)/b16-14-. The topological polar surface area (TPSA) is 56.1 Å². The number of benzene rings is 2. The predicted molar refractivity (Wildman–Crippen MR) is 91.3 cm³/mol. The summed E-state index contributed by atoms with van der Waals surface area (Å²) in [5.74, 6) is -0.903. The lowest BCUT2D eigenvalue weighted by Crippen LogP contribution is -2.21. The van der Waals surface area contributed by atoms with Gasteiger partial charge >= 0.3 is 0 Å². The smallest absolute Gasteiger partial charge is 0.267 e. The molecule has 0 saturated heterocycles. The highest BCUT2D eigenvalue weighted by Gasteiger charge is 2.11. The quantitative estimate of drug-likeness (QED) is 0.651. The number of carbonyl (C=O) groups is 1. The van der Waals surface area contributed by atoms with Crippen LogP contribution in [0.4, 0.5) is 10.1 Å². The van der Waals surface area contributed by atoms with Gasteiger partial charge in [-0.3, -0.25) is 4.79 Å². The molecule has 0 aliphatic rings. The monoisotopic (exact) mass is 323 g/mol. The summed E-state index contributed by atoms with van der Waals surface area (Å²) in [7, 11) is 0. The van der Waals surface area contributed by atoms with Crippen molar-refractivity contribution in [2.45, 2.75) is 13.5 Å². The maximum absolute atomic E-state index is 12.9. The van der Waals surface area contributed by atoms with Crippen LogP contribution >= 0.6 is 0 Å². The van der Waals surface area contributed by atoms with Crippen LogP contribution in [0, 0.1) is 17.1 Å². The van der Waals surface area contributed by atoms with Crippen LogP contribution in [0.25, 0.3) is 0 Å². The Balaban J connectivity index is 2.09. The molecular formula is C19H18FN3O. The van der Waals surface area contributed by atoms with E-state index in [2.05, 4.69) is 5.32 Å². The Morgan fingerprint density at radius 3 is 2.46 bits per heavy atom. The Bertz CT molecular complexity index is 748. The molecular weight excluding hydrogens is 305 g/mol. The molecule has 2 aromatic rings. The van der Waals surface area contributed by atoms with E-state index in [-0.39, 0.29) is 11.4 Å². The lowest BCUT2D eigenvalue weighted by molar-refractivity contribution is -0.112. The van der Waals surface area contributed by atoms with E-state index in [0.29, 0.717) is 18.8 Å². The van der Waals surface area contributed by atoms with Gasteiger partial charge in [-0.2, -0.15) is 5.26 Å². The van der Waals surface area contributed by atoms with Crippen molar-refractivity contribution >= 4 is 11.6 Å². The molecule has 0 fully saturated rings. The van der Waals surface area contributed by atoms with Gasteiger partial charge in [0.25, 0.3) is 5.91 Å². The van der Waals surface area contributed by atoms with Crippen LogP contribution in [0.15, 0.2) is 66.4 Å². The van der Waals surface area contributed by atoms with Gasteiger partial charge in [-0.1, -0.05) is 30.3 Å². The molecule has 0 atom stereocenters. The molecule has 1 amide bonds. The second-order valence-electron chi connectivity index (χ2n) is 5.16. The van der Waals surface area contributed by atoms with E-state index in [4.69, 9.17) is 0 Å². The first-order chi connectivity index (χ1) is 11.6. The molecule has 0 heterocycles. The van der Waals surface area contributed by atoms with E-state index in [1.165, 1.54) is 24.3 Å². The van der Waals surface area contributed by atoms with Gasteiger partial charge in [-0.15, -0.1) is 0 Å². The summed E-state index contributed by atoms with van der Waals surface area (Å²) in [6, 6.07) is 17.1. The van der Waals surface area contributed by atoms with Crippen molar-refractivity contribution in [3.05, 3.63) is 77.8 Å². The summed E-state index contributed by atoms with van der Waals surface area (Å²) in [6.45, 7) is 3.21. The molecule has 0 radical (unpaired) electrons. The Kier molecular flexibility index (Phi) is 6.09. The minimum atomic E-state index is -0.518. The van der Waals surface area contributed by atoms with Crippen molar-refractivity contribution in [2.24, 2.45) is 0 Å². The highest BCUT2D eigenvalue weighted by molar-refractivity contribution is 6.06. The highest BCUT2D eigenvalue weighted by atomic mass is 19.1. The van der Waals surface area contributed by atoms with Crippen LogP contribution in [0.5, 0.6) is 0 Å². The molecule has 24 heavy (non-hydrogen) atoms. The van der Waals surface area contributed by atoms with Crippen LogP contribution in [-0.4, -0.2) is 17.4 Å². The fourth-order valence-corrected chi connectivity index (χ4v) is 2.12. The Morgan fingerprint density at radius 2 is 1.88 bits per heavy atom. The molecule has 0 aliphatic heterocycles. The van der Waals surface area contributed by atoms with Crippen LogP contribution < -0.4 is 5.32 Å². The number of rotatable bonds is 6. The van der Waals surface area contributed by atoms with E-state index >= 15 is 0 Å². The van der Waals surface area contributed by atoms with E-state index < -0.39 is 5.91 Å². The summed E-state index contributed by atoms with van der Waals surface area (Å²) in [5, 5.41) is 11.9. The van der Waals surface area contributed by atoms with Gasteiger partial charge in [-0.25, -0.2) is 4.39 Å². The molecule has 4 nitrogen and oxygen atoms in total. The minimum Gasteiger partial charge on any atom is -0.372 e. The number of amides is 1. The zero-order valence-electron chi connectivity index (χ0n) is 13.4.